The molecule has 0 bridgehead atoms. The average Bonchev–Trinajstić information content (AvgIpc) is 3.15. The highest BCUT2D eigenvalue weighted by molar-refractivity contribution is 6.30. The van der Waals surface area contributed by atoms with Crippen LogP contribution in [0.25, 0.3) is 0 Å². The van der Waals surface area contributed by atoms with Crippen LogP contribution in [0.3, 0.4) is 0 Å². The molecule has 4 N–H and O–H groups in total. The van der Waals surface area contributed by atoms with Gasteiger partial charge in [0.2, 0.25) is 0 Å². The third-order valence-electron chi connectivity index (χ3n) is 6.28. The van der Waals surface area contributed by atoms with Gasteiger partial charge in [-0.25, -0.2) is 4.79 Å². The molecule has 0 unspecified atom stereocenters. The summed E-state index contributed by atoms with van der Waals surface area (Å²) in [6, 6.07) is 12.7. The molecule has 0 saturated carbocycles. The number of hydrogen-bond donors (Lipinski definition) is 4. The van der Waals surface area contributed by atoms with Gasteiger partial charge in [0.1, 0.15) is 11.5 Å². The molecule has 2 aliphatic heterocycles. The second-order valence-corrected chi connectivity index (χ2v) is 9.19. The molecule has 0 radical (unpaired) electrons. The van der Waals surface area contributed by atoms with E-state index >= 15 is 0 Å². The van der Waals surface area contributed by atoms with Gasteiger partial charge in [-0.15, -0.1) is 0 Å². The summed E-state index contributed by atoms with van der Waals surface area (Å²) in [6.45, 7) is 3.31. The standard InChI is InChI=1S/C24H30ClN3O5/c25-17-3-1-16(2-4-17)12-27-9-7-18(8-10-27)26-20-13-28(14-22(20)30)21-11-19(29)5-6-23(21)33-15-24(31)32/h1-6,11,18,20,22,26,29-30H,7-10,12-15H2,(H,31,32)/t20-,22-/m1/s1. The molecule has 2 saturated heterocycles. The minimum Gasteiger partial charge on any atom is -0.508 e. The number of halogens is 1. The molecule has 0 amide bonds. The van der Waals surface area contributed by atoms with Gasteiger partial charge in [-0.3, -0.25) is 4.90 Å². The van der Waals surface area contributed by atoms with Gasteiger partial charge in [0.15, 0.2) is 6.61 Å². The lowest BCUT2D eigenvalue weighted by atomic mass is 10.0. The van der Waals surface area contributed by atoms with Crippen LogP contribution < -0.4 is 15.0 Å². The van der Waals surface area contributed by atoms with E-state index in [-0.39, 0.29) is 11.8 Å². The molecule has 4 rings (SSSR count). The Kier molecular flexibility index (Phi) is 7.60. The van der Waals surface area contributed by atoms with Crippen molar-refractivity contribution >= 4 is 23.3 Å². The second kappa shape index (κ2) is 10.6. The number of carboxylic acids is 1. The Bertz CT molecular complexity index is 950. The Morgan fingerprint density at radius 3 is 2.55 bits per heavy atom. The van der Waals surface area contributed by atoms with Crippen molar-refractivity contribution in [1.29, 1.82) is 0 Å². The van der Waals surface area contributed by atoms with Crippen LogP contribution in [-0.2, 0) is 11.3 Å². The number of aliphatic hydroxyl groups excluding tert-OH is 1. The number of β-amino-alcohol motifs (C(OH)–C–C–N with tert-alkyl or cyclic N) is 1. The monoisotopic (exact) mass is 475 g/mol. The number of nitrogens with one attached hydrogen (secondary N) is 1. The number of rotatable bonds is 8. The highest BCUT2D eigenvalue weighted by Gasteiger charge is 2.35. The molecular formula is C24H30ClN3O5. The number of aliphatic carboxylic acids is 1. The fraction of sp³-hybridized carbons (Fsp3) is 0.458. The number of carbonyl (C=O) groups is 1. The first kappa shape index (κ1) is 23.6. The lowest BCUT2D eigenvalue weighted by molar-refractivity contribution is -0.139. The third kappa shape index (κ3) is 6.29. The molecule has 0 aliphatic carbocycles. The number of aromatic hydroxyl groups is 1. The molecule has 2 aliphatic rings. The maximum Gasteiger partial charge on any atom is 0.341 e. The number of benzene rings is 2. The summed E-state index contributed by atoms with van der Waals surface area (Å²) in [5.41, 5.74) is 1.83. The number of aliphatic hydroxyl groups is 1. The third-order valence-corrected chi connectivity index (χ3v) is 6.53. The van der Waals surface area contributed by atoms with Crippen molar-refractivity contribution in [2.75, 3.05) is 37.7 Å². The summed E-state index contributed by atoms with van der Waals surface area (Å²) in [5.74, 6) is -0.636. The number of carboxylic acid groups (broad SMARTS) is 1. The molecule has 2 aromatic carbocycles. The fourth-order valence-electron chi connectivity index (χ4n) is 4.57. The second-order valence-electron chi connectivity index (χ2n) is 8.76. The molecular weight excluding hydrogens is 446 g/mol. The summed E-state index contributed by atoms with van der Waals surface area (Å²) >= 11 is 5.97. The van der Waals surface area contributed by atoms with Crippen molar-refractivity contribution in [3.8, 4) is 11.5 Å². The van der Waals surface area contributed by atoms with Gasteiger partial charge >= 0.3 is 5.97 Å². The van der Waals surface area contributed by atoms with Crippen molar-refractivity contribution in [3.05, 3.63) is 53.1 Å². The first-order chi connectivity index (χ1) is 15.9. The van der Waals surface area contributed by atoms with Gasteiger partial charge in [-0.1, -0.05) is 23.7 Å². The molecule has 2 aromatic rings. The molecule has 33 heavy (non-hydrogen) atoms. The topological polar surface area (TPSA) is 106 Å². The number of phenols is 1. The van der Waals surface area contributed by atoms with Gasteiger partial charge in [0.05, 0.1) is 17.8 Å². The molecule has 9 heteroatoms. The fourth-order valence-corrected chi connectivity index (χ4v) is 4.70. The van der Waals surface area contributed by atoms with Gasteiger partial charge in [-0.2, -0.15) is 0 Å². The summed E-state index contributed by atoms with van der Waals surface area (Å²) in [4.78, 5) is 15.2. The van der Waals surface area contributed by atoms with Crippen LogP contribution >= 0.6 is 11.6 Å². The van der Waals surface area contributed by atoms with Crippen molar-refractivity contribution in [3.63, 3.8) is 0 Å². The number of hydrogen-bond acceptors (Lipinski definition) is 7. The zero-order valence-electron chi connectivity index (χ0n) is 18.4. The Balaban J connectivity index is 1.31. The van der Waals surface area contributed by atoms with Crippen molar-refractivity contribution in [1.82, 2.24) is 10.2 Å². The van der Waals surface area contributed by atoms with Crippen molar-refractivity contribution in [2.45, 2.75) is 37.6 Å². The van der Waals surface area contributed by atoms with Crippen LogP contribution in [0.2, 0.25) is 5.02 Å². The minimum absolute atomic E-state index is 0.0617. The maximum atomic E-state index is 10.9. The van der Waals surface area contributed by atoms with E-state index < -0.39 is 18.7 Å². The number of ether oxygens (including phenoxy) is 1. The van der Waals surface area contributed by atoms with Gasteiger partial charge < -0.3 is 30.3 Å². The SMILES string of the molecule is O=C(O)COc1ccc(O)cc1N1C[C@@H](O)[C@H](NC2CCN(Cc3ccc(Cl)cc3)CC2)C1. The van der Waals surface area contributed by atoms with E-state index in [1.165, 1.54) is 11.6 Å². The smallest absolute Gasteiger partial charge is 0.341 e. The average molecular weight is 476 g/mol. The number of nitrogens with zero attached hydrogens (tertiary/aromatic N) is 2. The van der Waals surface area contributed by atoms with E-state index in [2.05, 4.69) is 22.3 Å². The minimum atomic E-state index is -1.07. The molecule has 2 atom stereocenters. The molecule has 178 valence electrons. The van der Waals surface area contributed by atoms with Crippen LogP contribution in [0.1, 0.15) is 18.4 Å². The van der Waals surface area contributed by atoms with E-state index in [1.807, 2.05) is 17.0 Å². The quantitative estimate of drug-likeness (QED) is 0.461. The largest absolute Gasteiger partial charge is 0.508 e. The maximum absolute atomic E-state index is 10.9. The summed E-state index contributed by atoms with van der Waals surface area (Å²) < 4.78 is 5.39. The molecule has 8 nitrogen and oxygen atoms in total. The van der Waals surface area contributed by atoms with Crippen LogP contribution in [0, 0.1) is 0 Å². The van der Waals surface area contributed by atoms with Crippen LogP contribution in [-0.4, -0.2) is 77.2 Å². The van der Waals surface area contributed by atoms with Crippen molar-refractivity contribution in [2.24, 2.45) is 0 Å². The highest BCUT2D eigenvalue weighted by atomic mass is 35.5. The van der Waals surface area contributed by atoms with Crippen LogP contribution in [0.15, 0.2) is 42.5 Å². The van der Waals surface area contributed by atoms with E-state index in [9.17, 15) is 15.0 Å². The van der Waals surface area contributed by atoms with Gasteiger partial charge in [-0.05, 0) is 55.8 Å². The normalized spacial score (nSPS) is 21.9. The lowest BCUT2D eigenvalue weighted by Crippen LogP contribution is -2.49. The number of phenolic OH excluding ortho intramolecular Hbond substituents is 1. The van der Waals surface area contributed by atoms with Crippen molar-refractivity contribution < 1.29 is 24.9 Å². The molecule has 2 fully saturated rings. The molecule has 2 heterocycles. The molecule has 0 spiro atoms. The Labute approximate surface area is 198 Å². The first-order valence-corrected chi connectivity index (χ1v) is 11.6. The summed E-state index contributed by atoms with van der Waals surface area (Å²) in [5, 5.41) is 33.9. The Morgan fingerprint density at radius 2 is 1.85 bits per heavy atom. The number of likely N-dealkylation sites (tertiary alicyclic amines) is 1. The van der Waals surface area contributed by atoms with E-state index in [1.54, 1.807) is 12.1 Å². The Hall–Kier alpha value is -2.52. The first-order valence-electron chi connectivity index (χ1n) is 11.2. The van der Waals surface area contributed by atoms with E-state index in [4.69, 9.17) is 21.4 Å². The number of piperidine rings is 1. The zero-order chi connectivity index (χ0) is 23.4. The molecule has 0 aromatic heterocycles. The van der Waals surface area contributed by atoms with Gasteiger partial charge in [0.25, 0.3) is 0 Å². The van der Waals surface area contributed by atoms with Gasteiger partial charge in [0, 0.05) is 36.8 Å². The summed E-state index contributed by atoms with van der Waals surface area (Å²) in [6.07, 6.45) is 1.41. The Morgan fingerprint density at radius 1 is 1.12 bits per heavy atom. The lowest BCUT2D eigenvalue weighted by Gasteiger charge is -2.34. The van der Waals surface area contributed by atoms with Crippen LogP contribution in [0.5, 0.6) is 11.5 Å². The van der Waals surface area contributed by atoms with E-state index in [0.717, 1.165) is 37.5 Å². The predicted octanol–water partition coefficient (Wildman–Crippen LogP) is 2.31. The van der Waals surface area contributed by atoms with Crippen LogP contribution in [0.4, 0.5) is 5.69 Å². The summed E-state index contributed by atoms with van der Waals surface area (Å²) in [7, 11) is 0. The zero-order valence-corrected chi connectivity index (χ0v) is 19.1. The highest BCUT2D eigenvalue weighted by Crippen LogP contribution is 2.34. The number of anilines is 1. The predicted molar refractivity (Wildman–Crippen MR) is 126 cm³/mol. The van der Waals surface area contributed by atoms with E-state index in [0.29, 0.717) is 30.6 Å².